The molecule has 0 aromatic heterocycles. The molecule has 1 saturated heterocycles. The predicted molar refractivity (Wildman–Crippen MR) is 142 cm³/mol. The van der Waals surface area contributed by atoms with Gasteiger partial charge in [-0.25, -0.2) is 4.79 Å². The number of nitrogens with one attached hydrogen (secondary N) is 2. The SMILES string of the molecule is CC[C@@H]1Nc2ccc(CNC(=O)N(C)CC(=O)N3CCC[C@@H]3c3ccccc3SC)cc2OC[C@H]1O. The molecule has 3 N–H and O–H groups in total. The van der Waals surface area contributed by atoms with E-state index in [0.717, 1.165) is 30.5 Å². The quantitative estimate of drug-likeness (QED) is 0.488. The van der Waals surface area contributed by atoms with Crippen LogP contribution in [0, 0.1) is 0 Å². The van der Waals surface area contributed by atoms with E-state index in [1.165, 1.54) is 15.4 Å². The predicted octanol–water partition coefficient (Wildman–Crippen LogP) is 3.86. The number of thioether (sulfide) groups is 1. The normalized spacial score (nSPS) is 21.1. The highest BCUT2D eigenvalue weighted by molar-refractivity contribution is 7.98. The molecule has 0 saturated carbocycles. The van der Waals surface area contributed by atoms with Crippen LogP contribution in [0.3, 0.4) is 0 Å². The summed E-state index contributed by atoms with van der Waals surface area (Å²) in [6.45, 7) is 3.28. The van der Waals surface area contributed by atoms with Gasteiger partial charge in [0.25, 0.3) is 0 Å². The molecule has 1 fully saturated rings. The Bertz CT molecular complexity index is 1080. The first-order chi connectivity index (χ1) is 17.4. The molecule has 2 aromatic rings. The second-order valence-corrected chi connectivity index (χ2v) is 10.2. The zero-order valence-corrected chi connectivity index (χ0v) is 22.0. The molecule has 0 radical (unpaired) electrons. The zero-order chi connectivity index (χ0) is 25.7. The number of aliphatic hydroxyl groups is 1. The maximum absolute atomic E-state index is 13.1. The Morgan fingerprint density at radius 2 is 2.08 bits per heavy atom. The summed E-state index contributed by atoms with van der Waals surface area (Å²) in [6.07, 6.45) is 4.15. The summed E-state index contributed by atoms with van der Waals surface area (Å²) < 4.78 is 5.77. The van der Waals surface area contributed by atoms with Gasteiger partial charge in [0.1, 0.15) is 25.0 Å². The number of likely N-dealkylation sites (N-methyl/N-ethyl adjacent to an activating group) is 1. The van der Waals surface area contributed by atoms with E-state index in [1.54, 1.807) is 18.8 Å². The average Bonchev–Trinajstić information content (AvgIpc) is 3.33. The minimum atomic E-state index is -0.582. The summed E-state index contributed by atoms with van der Waals surface area (Å²) in [7, 11) is 1.64. The van der Waals surface area contributed by atoms with Crippen LogP contribution >= 0.6 is 11.8 Å². The van der Waals surface area contributed by atoms with Crippen molar-refractivity contribution in [3.8, 4) is 5.75 Å². The Morgan fingerprint density at radius 1 is 1.28 bits per heavy atom. The standard InChI is InChI=1S/C27H36N4O4S/c1-4-20-23(32)17-35-24-14-18(11-12-21(24)29-20)15-28-27(34)30(2)16-26(33)31-13-7-9-22(31)19-8-5-6-10-25(19)36-3/h5-6,8,10-12,14,20,22-23,29,32H,4,7,9,13,15-17H2,1-3H3,(H,28,34)/t20-,22+,23+/m0/s1. The number of urea groups is 1. The summed E-state index contributed by atoms with van der Waals surface area (Å²) in [5.74, 6) is 0.616. The lowest BCUT2D eigenvalue weighted by atomic mass is 10.0. The number of hydrogen-bond donors (Lipinski definition) is 3. The Kier molecular flexibility index (Phi) is 8.64. The van der Waals surface area contributed by atoms with Crippen molar-refractivity contribution in [2.75, 3.05) is 38.3 Å². The van der Waals surface area contributed by atoms with Crippen LogP contribution < -0.4 is 15.4 Å². The highest BCUT2D eigenvalue weighted by Crippen LogP contribution is 2.37. The van der Waals surface area contributed by atoms with E-state index in [1.807, 2.05) is 42.2 Å². The van der Waals surface area contributed by atoms with Gasteiger partial charge in [0.2, 0.25) is 5.91 Å². The van der Waals surface area contributed by atoms with Crippen molar-refractivity contribution in [1.29, 1.82) is 0 Å². The highest BCUT2D eigenvalue weighted by Gasteiger charge is 2.32. The third-order valence-electron chi connectivity index (χ3n) is 6.93. The molecule has 8 nitrogen and oxygen atoms in total. The molecule has 3 amide bonds. The number of fused-ring (bicyclic) bond motifs is 1. The van der Waals surface area contributed by atoms with Crippen molar-refractivity contribution in [2.45, 2.75) is 55.8 Å². The molecule has 0 spiro atoms. The maximum Gasteiger partial charge on any atom is 0.317 e. The van der Waals surface area contributed by atoms with Crippen molar-refractivity contribution >= 4 is 29.4 Å². The first-order valence-corrected chi connectivity index (χ1v) is 13.8. The number of carbonyl (C=O) groups excluding carboxylic acids is 2. The molecule has 0 bridgehead atoms. The fraction of sp³-hybridized carbons (Fsp3) is 0.481. The van der Waals surface area contributed by atoms with Crippen molar-refractivity contribution in [1.82, 2.24) is 15.1 Å². The molecule has 4 rings (SSSR count). The van der Waals surface area contributed by atoms with Gasteiger partial charge in [-0.3, -0.25) is 4.79 Å². The van der Waals surface area contributed by atoms with Crippen LogP contribution in [0.5, 0.6) is 5.75 Å². The van der Waals surface area contributed by atoms with Gasteiger partial charge in [-0.05, 0) is 54.8 Å². The van der Waals surface area contributed by atoms with Crippen LogP contribution in [-0.4, -0.2) is 72.0 Å². The molecule has 2 aromatic carbocycles. The third-order valence-corrected chi connectivity index (χ3v) is 7.75. The summed E-state index contributed by atoms with van der Waals surface area (Å²) in [5, 5.41) is 16.4. The van der Waals surface area contributed by atoms with Gasteiger partial charge in [-0.15, -0.1) is 11.8 Å². The number of carbonyl (C=O) groups is 2. The zero-order valence-electron chi connectivity index (χ0n) is 21.2. The van der Waals surface area contributed by atoms with Gasteiger partial charge in [0, 0.05) is 25.0 Å². The number of hydrogen-bond acceptors (Lipinski definition) is 6. The van der Waals surface area contributed by atoms with E-state index in [9.17, 15) is 14.7 Å². The van der Waals surface area contributed by atoms with Crippen molar-refractivity contribution < 1.29 is 19.4 Å². The Morgan fingerprint density at radius 3 is 2.86 bits per heavy atom. The summed E-state index contributed by atoms with van der Waals surface area (Å²) >= 11 is 1.69. The molecule has 2 aliphatic rings. The van der Waals surface area contributed by atoms with Crippen LogP contribution in [0.2, 0.25) is 0 Å². The molecule has 2 aliphatic heterocycles. The van der Waals surface area contributed by atoms with E-state index in [4.69, 9.17) is 4.74 Å². The van der Waals surface area contributed by atoms with Crippen molar-refractivity contribution in [2.24, 2.45) is 0 Å². The summed E-state index contributed by atoms with van der Waals surface area (Å²) in [4.78, 5) is 30.4. The van der Waals surface area contributed by atoms with Crippen LogP contribution in [0.1, 0.15) is 43.4 Å². The monoisotopic (exact) mass is 512 g/mol. The Labute approximate surface area is 217 Å². The fourth-order valence-electron chi connectivity index (χ4n) is 4.89. The first-order valence-electron chi connectivity index (χ1n) is 12.5. The molecular formula is C27H36N4O4S. The summed E-state index contributed by atoms with van der Waals surface area (Å²) in [5.41, 5.74) is 2.89. The Balaban J connectivity index is 1.33. The second-order valence-electron chi connectivity index (χ2n) is 9.37. The van der Waals surface area contributed by atoms with Crippen LogP contribution in [0.15, 0.2) is 47.4 Å². The summed E-state index contributed by atoms with van der Waals surface area (Å²) in [6, 6.07) is 13.6. The molecule has 36 heavy (non-hydrogen) atoms. The maximum atomic E-state index is 13.1. The minimum absolute atomic E-state index is 0.0251. The van der Waals surface area contributed by atoms with Crippen molar-refractivity contribution in [3.05, 3.63) is 53.6 Å². The molecular weight excluding hydrogens is 476 g/mol. The van der Waals surface area contributed by atoms with E-state index < -0.39 is 6.10 Å². The van der Waals surface area contributed by atoms with E-state index >= 15 is 0 Å². The van der Waals surface area contributed by atoms with Gasteiger partial charge in [-0.1, -0.05) is 31.2 Å². The fourth-order valence-corrected chi connectivity index (χ4v) is 5.54. The topological polar surface area (TPSA) is 94.1 Å². The van der Waals surface area contributed by atoms with Gasteiger partial charge < -0.3 is 30.3 Å². The van der Waals surface area contributed by atoms with Crippen molar-refractivity contribution in [3.63, 3.8) is 0 Å². The number of amides is 3. The van der Waals surface area contributed by atoms with Gasteiger partial charge in [-0.2, -0.15) is 0 Å². The lowest BCUT2D eigenvalue weighted by Crippen LogP contribution is -2.44. The second kappa shape index (κ2) is 11.9. The largest absolute Gasteiger partial charge is 0.489 e. The smallest absolute Gasteiger partial charge is 0.317 e. The number of benzene rings is 2. The number of aliphatic hydroxyl groups excluding tert-OH is 1. The van der Waals surface area contributed by atoms with E-state index in [2.05, 4.69) is 29.0 Å². The lowest BCUT2D eigenvalue weighted by Gasteiger charge is -2.28. The van der Waals surface area contributed by atoms with Gasteiger partial charge in [0.15, 0.2) is 0 Å². The molecule has 0 unspecified atom stereocenters. The highest BCUT2D eigenvalue weighted by atomic mass is 32.2. The van der Waals surface area contributed by atoms with E-state index in [0.29, 0.717) is 18.8 Å². The number of likely N-dealkylation sites (tertiary alicyclic amines) is 1. The number of ether oxygens (including phenoxy) is 1. The van der Waals surface area contributed by atoms with Crippen LogP contribution in [-0.2, 0) is 11.3 Å². The number of anilines is 1. The third kappa shape index (κ3) is 5.90. The van der Waals surface area contributed by atoms with Crippen LogP contribution in [0.4, 0.5) is 10.5 Å². The average molecular weight is 513 g/mol. The number of rotatable bonds is 7. The number of nitrogens with zero attached hydrogens (tertiary/aromatic N) is 2. The Hall–Kier alpha value is -2.91. The molecule has 3 atom stereocenters. The molecule has 9 heteroatoms. The first kappa shape index (κ1) is 26.2. The minimum Gasteiger partial charge on any atom is -0.489 e. The van der Waals surface area contributed by atoms with E-state index in [-0.39, 0.29) is 37.2 Å². The lowest BCUT2D eigenvalue weighted by molar-refractivity contribution is -0.132. The van der Waals surface area contributed by atoms with Crippen LogP contribution in [0.25, 0.3) is 0 Å². The van der Waals surface area contributed by atoms with Gasteiger partial charge >= 0.3 is 6.03 Å². The molecule has 0 aliphatic carbocycles. The van der Waals surface area contributed by atoms with Gasteiger partial charge in [0.05, 0.1) is 17.8 Å². The molecule has 194 valence electrons. The molecule has 2 heterocycles.